The highest BCUT2D eigenvalue weighted by molar-refractivity contribution is 7.89. The molecule has 0 bridgehead atoms. The van der Waals surface area contributed by atoms with Crippen LogP contribution in [0.15, 0.2) is 17.6 Å². The molecule has 7 heteroatoms. The monoisotopic (exact) mass is 233 g/mol. The number of hydrogen-bond acceptors (Lipinski definition) is 4. The van der Waals surface area contributed by atoms with E-state index in [2.05, 4.69) is 14.7 Å². The van der Waals surface area contributed by atoms with Crippen LogP contribution in [0.1, 0.15) is 19.8 Å². The summed E-state index contributed by atoms with van der Waals surface area (Å²) in [5.41, 5.74) is 0. The molecule has 1 aromatic heterocycles. The van der Waals surface area contributed by atoms with Gasteiger partial charge in [0.05, 0.1) is 12.5 Å². The van der Waals surface area contributed by atoms with Gasteiger partial charge in [0.25, 0.3) is 10.0 Å². The second-order valence-corrected chi connectivity index (χ2v) is 4.84. The number of imidazole rings is 1. The van der Waals surface area contributed by atoms with E-state index in [4.69, 9.17) is 5.11 Å². The summed E-state index contributed by atoms with van der Waals surface area (Å²) in [5.74, 6) is 0. The molecule has 15 heavy (non-hydrogen) atoms. The number of H-pyrrole nitrogens is 1. The van der Waals surface area contributed by atoms with Gasteiger partial charge < -0.3 is 10.1 Å². The number of aromatic amines is 1. The summed E-state index contributed by atoms with van der Waals surface area (Å²) in [4.78, 5) is 6.17. The van der Waals surface area contributed by atoms with E-state index in [1.807, 2.05) is 6.92 Å². The Labute approximate surface area is 88.8 Å². The van der Waals surface area contributed by atoms with Gasteiger partial charge in [0.1, 0.15) is 0 Å². The van der Waals surface area contributed by atoms with E-state index in [0.29, 0.717) is 12.8 Å². The van der Waals surface area contributed by atoms with Crippen molar-refractivity contribution in [2.45, 2.75) is 30.8 Å². The van der Waals surface area contributed by atoms with Crippen molar-refractivity contribution in [1.82, 2.24) is 14.7 Å². The molecule has 0 aromatic carbocycles. The summed E-state index contributed by atoms with van der Waals surface area (Å²) in [6, 6.07) is -0.247. The van der Waals surface area contributed by atoms with Crippen LogP contribution in [-0.2, 0) is 10.0 Å². The molecule has 1 rings (SSSR count). The Morgan fingerprint density at radius 2 is 2.40 bits per heavy atom. The Hall–Kier alpha value is -0.920. The van der Waals surface area contributed by atoms with Crippen LogP contribution in [0.2, 0.25) is 0 Å². The number of sulfonamides is 1. The van der Waals surface area contributed by atoms with Gasteiger partial charge in [0, 0.05) is 12.6 Å². The first-order valence-electron chi connectivity index (χ1n) is 4.71. The zero-order valence-electron chi connectivity index (χ0n) is 8.47. The van der Waals surface area contributed by atoms with E-state index in [9.17, 15) is 8.42 Å². The van der Waals surface area contributed by atoms with Crippen molar-refractivity contribution >= 4 is 10.0 Å². The van der Waals surface area contributed by atoms with Crippen molar-refractivity contribution < 1.29 is 13.5 Å². The molecule has 0 aliphatic rings. The number of aromatic nitrogens is 2. The first-order chi connectivity index (χ1) is 7.10. The summed E-state index contributed by atoms with van der Waals surface area (Å²) in [6.45, 7) is 1.82. The molecule has 0 radical (unpaired) electrons. The summed E-state index contributed by atoms with van der Waals surface area (Å²) >= 11 is 0. The number of rotatable bonds is 6. The molecule has 0 spiro atoms. The minimum Gasteiger partial charge on any atom is -0.396 e. The van der Waals surface area contributed by atoms with Gasteiger partial charge in [0.15, 0.2) is 5.03 Å². The lowest BCUT2D eigenvalue weighted by atomic mass is 10.2. The van der Waals surface area contributed by atoms with Crippen LogP contribution in [0, 0.1) is 0 Å². The second-order valence-electron chi connectivity index (χ2n) is 3.15. The molecule has 0 saturated carbocycles. The van der Waals surface area contributed by atoms with Crippen molar-refractivity contribution in [2.24, 2.45) is 0 Å². The van der Waals surface area contributed by atoms with Gasteiger partial charge in [-0.25, -0.2) is 18.1 Å². The number of nitrogens with one attached hydrogen (secondary N) is 2. The predicted molar refractivity (Wildman–Crippen MR) is 54.7 cm³/mol. The molecule has 0 saturated heterocycles. The molecule has 1 aromatic rings. The van der Waals surface area contributed by atoms with Crippen LogP contribution in [-0.4, -0.2) is 36.1 Å². The standard InChI is InChI=1S/C8H15N3O3S/c1-2-7(3-4-12)11-15(13,14)8-5-9-6-10-8/h5-7,11-12H,2-4H2,1H3,(H,9,10). The number of nitrogens with zero attached hydrogens (tertiary/aromatic N) is 1. The summed E-state index contributed by atoms with van der Waals surface area (Å²) in [7, 11) is -3.53. The highest BCUT2D eigenvalue weighted by atomic mass is 32.2. The molecule has 1 unspecified atom stereocenters. The van der Waals surface area contributed by atoms with Gasteiger partial charge in [-0.05, 0) is 12.8 Å². The maximum absolute atomic E-state index is 11.7. The third-order valence-electron chi connectivity index (χ3n) is 2.05. The molecule has 0 aliphatic carbocycles. The van der Waals surface area contributed by atoms with Crippen molar-refractivity contribution in [2.75, 3.05) is 6.61 Å². The van der Waals surface area contributed by atoms with Crippen LogP contribution >= 0.6 is 0 Å². The van der Waals surface area contributed by atoms with E-state index in [-0.39, 0.29) is 17.7 Å². The van der Waals surface area contributed by atoms with Gasteiger partial charge in [-0.15, -0.1) is 0 Å². The molecule has 0 amide bonds. The Kier molecular flexibility index (Phi) is 4.25. The number of aliphatic hydroxyl groups excluding tert-OH is 1. The van der Waals surface area contributed by atoms with Crippen molar-refractivity contribution in [3.63, 3.8) is 0 Å². The zero-order valence-corrected chi connectivity index (χ0v) is 9.29. The van der Waals surface area contributed by atoms with Crippen molar-refractivity contribution in [3.05, 3.63) is 12.5 Å². The van der Waals surface area contributed by atoms with E-state index in [1.54, 1.807) is 0 Å². The fourth-order valence-corrected chi connectivity index (χ4v) is 2.43. The van der Waals surface area contributed by atoms with Gasteiger partial charge in [-0.3, -0.25) is 0 Å². The lowest BCUT2D eigenvalue weighted by molar-refractivity contribution is 0.270. The van der Waals surface area contributed by atoms with Crippen LogP contribution in [0.5, 0.6) is 0 Å². The summed E-state index contributed by atoms with van der Waals surface area (Å²) in [6.07, 6.45) is 3.59. The molecule has 1 atom stereocenters. The highest BCUT2D eigenvalue weighted by Gasteiger charge is 2.19. The number of aliphatic hydroxyl groups is 1. The van der Waals surface area contributed by atoms with Gasteiger partial charge >= 0.3 is 0 Å². The third-order valence-corrected chi connectivity index (χ3v) is 3.50. The van der Waals surface area contributed by atoms with Gasteiger partial charge in [0.2, 0.25) is 0 Å². The molecular formula is C8H15N3O3S. The topological polar surface area (TPSA) is 95.1 Å². The smallest absolute Gasteiger partial charge is 0.257 e. The predicted octanol–water partition coefficient (Wildman–Crippen LogP) is -0.151. The second kappa shape index (κ2) is 5.24. The SMILES string of the molecule is CCC(CCO)NS(=O)(=O)c1cnc[nH]1. The molecule has 1 heterocycles. The first kappa shape index (κ1) is 12.2. The Morgan fingerprint density at radius 3 is 2.87 bits per heavy atom. The van der Waals surface area contributed by atoms with E-state index in [1.165, 1.54) is 12.5 Å². The fraction of sp³-hybridized carbons (Fsp3) is 0.625. The number of hydrogen-bond donors (Lipinski definition) is 3. The maximum atomic E-state index is 11.7. The molecule has 0 aliphatic heterocycles. The Balaban J connectivity index is 2.72. The maximum Gasteiger partial charge on any atom is 0.257 e. The Morgan fingerprint density at radius 1 is 1.67 bits per heavy atom. The molecule has 6 nitrogen and oxygen atoms in total. The quantitative estimate of drug-likeness (QED) is 0.636. The van der Waals surface area contributed by atoms with Crippen molar-refractivity contribution in [1.29, 1.82) is 0 Å². The molecular weight excluding hydrogens is 218 g/mol. The van der Waals surface area contributed by atoms with Gasteiger partial charge in [-0.2, -0.15) is 0 Å². The van der Waals surface area contributed by atoms with E-state index < -0.39 is 10.0 Å². The molecule has 86 valence electrons. The van der Waals surface area contributed by atoms with Crippen LogP contribution in [0.3, 0.4) is 0 Å². The average molecular weight is 233 g/mol. The summed E-state index contributed by atoms with van der Waals surface area (Å²) < 4.78 is 25.8. The molecule has 0 fully saturated rings. The third kappa shape index (κ3) is 3.29. The minimum atomic E-state index is -3.53. The average Bonchev–Trinajstić information content (AvgIpc) is 2.70. The molecule has 3 N–H and O–H groups in total. The lowest BCUT2D eigenvalue weighted by Gasteiger charge is -2.14. The van der Waals surface area contributed by atoms with Crippen LogP contribution in [0.25, 0.3) is 0 Å². The van der Waals surface area contributed by atoms with Crippen LogP contribution < -0.4 is 4.72 Å². The minimum absolute atomic E-state index is 0.0377. The van der Waals surface area contributed by atoms with Gasteiger partial charge in [-0.1, -0.05) is 6.92 Å². The first-order valence-corrected chi connectivity index (χ1v) is 6.20. The largest absolute Gasteiger partial charge is 0.396 e. The fourth-order valence-electron chi connectivity index (χ4n) is 1.18. The summed E-state index contributed by atoms with van der Waals surface area (Å²) in [5, 5.41) is 8.78. The Bertz CT molecular complexity index is 374. The normalized spacial score (nSPS) is 14.0. The van der Waals surface area contributed by atoms with Crippen LogP contribution in [0.4, 0.5) is 0 Å². The lowest BCUT2D eigenvalue weighted by Crippen LogP contribution is -2.35. The highest BCUT2D eigenvalue weighted by Crippen LogP contribution is 2.06. The van der Waals surface area contributed by atoms with E-state index in [0.717, 1.165) is 0 Å². The van der Waals surface area contributed by atoms with Crippen molar-refractivity contribution in [3.8, 4) is 0 Å². The van der Waals surface area contributed by atoms with E-state index >= 15 is 0 Å². The zero-order chi connectivity index (χ0) is 11.3.